The quantitative estimate of drug-likeness (QED) is 0.195. The predicted molar refractivity (Wildman–Crippen MR) is 96.9 cm³/mol. The zero-order valence-electron chi connectivity index (χ0n) is 15.8. The minimum Gasteiger partial charge on any atom is -0.468 e. The van der Waals surface area contributed by atoms with Crippen molar-refractivity contribution in [1.29, 1.82) is 5.26 Å². The van der Waals surface area contributed by atoms with Crippen LogP contribution < -0.4 is 0 Å². The third-order valence-electron chi connectivity index (χ3n) is 4.59. The first-order chi connectivity index (χ1) is 11.1. The van der Waals surface area contributed by atoms with Gasteiger partial charge in [0.25, 0.3) is 0 Å². The summed E-state index contributed by atoms with van der Waals surface area (Å²) in [4.78, 5) is 22.5. The second-order valence-corrected chi connectivity index (χ2v) is 12.2. The molecule has 136 valence electrons. The molecule has 0 rings (SSSR count). The van der Waals surface area contributed by atoms with E-state index in [0.717, 1.165) is 6.42 Å². The molecular weight excluding hydrogens is 322 g/mol. The number of methoxy groups -OCH3 is 1. The lowest BCUT2D eigenvalue weighted by Crippen LogP contribution is -2.40. The van der Waals surface area contributed by atoms with Gasteiger partial charge in [0.15, 0.2) is 13.7 Å². The maximum Gasteiger partial charge on any atom is 0.330 e. The molecule has 0 aromatic heterocycles. The van der Waals surface area contributed by atoms with Crippen molar-refractivity contribution in [3.63, 3.8) is 0 Å². The lowest BCUT2D eigenvalue weighted by molar-refractivity contribution is -0.147. The van der Waals surface area contributed by atoms with Crippen LogP contribution >= 0.6 is 0 Å². The van der Waals surface area contributed by atoms with E-state index in [1.807, 2.05) is 6.07 Å². The molecule has 6 heteroatoms. The SMILES string of the molecule is COC(=O)C(C#N)(/C=C/CCCO[Si](C)(C)C(C)(C)C)CCC=O. The van der Waals surface area contributed by atoms with E-state index in [0.29, 0.717) is 19.3 Å². The molecule has 0 aliphatic heterocycles. The molecule has 0 aromatic carbocycles. The number of carbonyl (C=O) groups is 2. The van der Waals surface area contributed by atoms with Gasteiger partial charge in [-0.05, 0) is 37.4 Å². The van der Waals surface area contributed by atoms with Gasteiger partial charge in [0.05, 0.1) is 13.2 Å². The van der Waals surface area contributed by atoms with Crippen molar-refractivity contribution in [3.8, 4) is 6.07 Å². The maximum atomic E-state index is 11.9. The third-order valence-corrected chi connectivity index (χ3v) is 9.13. The van der Waals surface area contributed by atoms with Crippen LogP contribution in [0, 0.1) is 16.7 Å². The number of unbranched alkanes of at least 4 members (excludes halogenated alkanes) is 1. The number of hydrogen-bond acceptors (Lipinski definition) is 5. The number of carbonyl (C=O) groups excluding carboxylic acids is 2. The fraction of sp³-hybridized carbons (Fsp3) is 0.722. The van der Waals surface area contributed by atoms with E-state index in [-0.39, 0.29) is 17.9 Å². The Bertz CT molecular complexity index is 488. The van der Waals surface area contributed by atoms with Crippen LogP contribution in [-0.2, 0) is 18.8 Å². The topological polar surface area (TPSA) is 76.4 Å². The van der Waals surface area contributed by atoms with Gasteiger partial charge in [0.2, 0.25) is 0 Å². The summed E-state index contributed by atoms with van der Waals surface area (Å²) in [6, 6.07) is 1.99. The third kappa shape index (κ3) is 6.58. The highest BCUT2D eigenvalue weighted by atomic mass is 28.4. The van der Waals surface area contributed by atoms with E-state index < -0.39 is 19.7 Å². The molecule has 0 bridgehead atoms. The molecule has 0 spiro atoms. The number of nitriles is 1. The lowest BCUT2D eigenvalue weighted by atomic mass is 9.84. The Balaban J connectivity index is 4.62. The highest BCUT2D eigenvalue weighted by Gasteiger charge is 2.37. The van der Waals surface area contributed by atoms with Gasteiger partial charge in [0, 0.05) is 13.0 Å². The molecule has 1 unspecified atom stereocenters. The molecule has 0 radical (unpaired) electrons. The minimum atomic E-state index is -1.74. The Kier molecular flexibility index (Phi) is 9.16. The van der Waals surface area contributed by atoms with E-state index >= 15 is 0 Å². The van der Waals surface area contributed by atoms with E-state index in [2.05, 4.69) is 33.9 Å². The normalized spacial score (nSPS) is 14.9. The van der Waals surface area contributed by atoms with Crippen LogP contribution in [0.25, 0.3) is 0 Å². The average molecular weight is 354 g/mol. The summed E-state index contributed by atoms with van der Waals surface area (Å²) in [5.41, 5.74) is -1.38. The van der Waals surface area contributed by atoms with Crippen LogP contribution in [0.1, 0.15) is 46.5 Å². The summed E-state index contributed by atoms with van der Waals surface area (Å²) in [7, 11) is -0.493. The molecule has 0 N–H and O–H groups in total. The highest BCUT2D eigenvalue weighted by molar-refractivity contribution is 6.74. The summed E-state index contributed by atoms with van der Waals surface area (Å²) < 4.78 is 10.8. The smallest absolute Gasteiger partial charge is 0.330 e. The fourth-order valence-electron chi connectivity index (χ4n) is 1.89. The van der Waals surface area contributed by atoms with Gasteiger partial charge in [0.1, 0.15) is 6.29 Å². The first kappa shape index (κ1) is 22.5. The first-order valence-electron chi connectivity index (χ1n) is 8.31. The van der Waals surface area contributed by atoms with Crippen molar-refractivity contribution in [2.75, 3.05) is 13.7 Å². The van der Waals surface area contributed by atoms with Crippen LogP contribution in [-0.4, -0.2) is 34.3 Å². The molecule has 0 amide bonds. The summed E-state index contributed by atoms with van der Waals surface area (Å²) in [5.74, 6) is -0.624. The largest absolute Gasteiger partial charge is 0.468 e. The summed E-state index contributed by atoms with van der Waals surface area (Å²) in [6.45, 7) is 11.7. The van der Waals surface area contributed by atoms with Crippen LogP contribution in [0.3, 0.4) is 0 Å². The molecule has 0 saturated carbocycles. The molecule has 5 nitrogen and oxygen atoms in total. The predicted octanol–water partition coefficient (Wildman–Crippen LogP) is 4.01. The summed E-state index contributed by atoms with van der Waals surface area (Å²) >= 11 is 0. The van der Waals surface area contributed by atoms with Crippen molar-refractivity contribution in [2.45, 2.75) is 64.6 Å². The Morgan fingerprint density at radius 3 is 2.33 bits per heavy atom. The first-order valence-corrected chi connectivity index (χ1v) is 11.2. The van der Waals surface area contributed by atoms with Gasteiger partial charge in [-0.1, -0.05) is 32.9 Å². The summed E-state index contributed by atoms with van der Waals surface area (Å²) in [5, 5.41) is 9.55. The number of ether oxygens (including phenoxy) is 1. The average Bonchev–Trinajstić information content (AvgIpc) is 2.52. The van der Waals surface area contributed by atoms with Crippen LogP contribution in [0.15, 0.2) is 12.2 Å². The van der Waals surface area contributed by atoms with E-state index in [1.165, 1.54) is 7.11 Å². The Morgan fingerprint density at radius 1 is 1.25 bits per heavy atom. The molecule has 0 aliphatic rings. The van der Waals surface area contributed by atoms with E-state index in [4.69, 9.17) is 9.16 Å². The number of nitrogens with zero attached hydrogens (tertiary/aromatic N) is 1. The molecule has 1 atom stereocenters. The van der Waals surface area contributed by atoms with Gasteiger partial charge in [-0.15, -0.1) is 0 Å². The van der Waals surface area contributed by atoms with Crippen molar-refractivity contribution in [2.24, 2.45) is 5.41 Å². The van der Waals surface area contributed by atoms with E-state index in [9.17, 15) is 14.9 Å². The number of hydrogen-bond donors (Lipinski definition) is 0. The van der Waals surface area contributed by atoms with Gasteiger partial charge >= 0.3 is 5.97 Å². The Labute approximate surface area is 147 Å². The molecule has 0 aliphatic carbocycles. The van der Waals surface area contributed by atoms with Crippen molar-refractivity contribution in [3.05, 3.63) is 12.2 Å². The number of aldehydes is 1. The molecule has 0 saturated heterocycles. The maximum absolute atomic E-state index is 11.9. The number of allylic oxidation sites excluding steroid dienone is 1. The monoisotopic (exact) mass is 353 g/mol. The molecule has 24 heavy (non-hydrogen) atoms. The van der Waals surface area contributed by atoms with Crippen molar-refractivity contribution < 1.29 is 18.8 Å². The molecule has 0 heterocycles. The van der Waals surface area contributed by atoms with Crippen molar-refractivity contribution in [1.82, 2.24) is 0 Å². The van der Waals surface area contributed by atoms with Crippen LogP contribution in [0.5, 0.6) is 0 Å². The number of rotatable bonds is 10. The zero-order valence-corrected chi connectivity index (χ0v) is 16.8. The highest BCUT2D eigenvalue weighted by Crippen LogP contribution is 2.36. The fourth-order valence-corrected chi connectivity index (χ4v) is 2.98. The number of esters is 1. The molecular formula is C18H31NO4Si. The lowest BCUT2D eigenvalue weighted by Gasteiger charge is -2.36. The van der Waals surface area contributed by atoms with Gasteiger partial charge in [-0.2, -0.15) is 5.26 Å². The van der Waals surface area contributed by atoms with Crippen LogP contribution in [0.4, 0.5) is 0 Å². The van der Waals surface area contributed by atoms with Gasteiger partial charge in [-0.3, -0.25) is 0 Å². The second-order valence-electron chi connectivity index (χ2n) is 7.43. The van der Waals surface area contributed by atoms with Gasteiger partial charge < -0.3 is 14.0 Å². The standard InChI is InChI=1S/C18H31NO4Si/c1-17(2,3)24(5,6)23-14-9-7-8-11-18(15-19,12-10-13-20)16(21)22-4/h8,11,13H,7,9-10,12,14H2,1-6H3/b11-8+. The molecule has 0 fully saturated rings. The minimum absolute atomic E-state index is 0.136. The van der Waals surface area contributed by atoms with E-state index in [1.54, 1.807) is 12.2 Å². The van der Waals surface area contributed by atoms with Gasteiger partial charge in [-0.25, -0.2) is 4.79 Å². The Morgan fingerprint density at radius 2 is 1.88 bits per heavy atom. The van der Waals surface area contributed by atoms with Crippen molar-refractivity contribution >= 4 is 20.6 Å². The second kappa shape index (κ2) is 9.75. The zero-order chi connectivity index (χ0) is 18.9. The Hall–Kier alpha value is -1.45. The molecule has 0 aromatic rings. The summed E-state index contributed by atoms with van der Waals surface area (Å²) in [6.07, 6.45) is 5.87. The van der Waals surface area contributed by atoms with Crippen LogP contribution in [0.2, 0.25) is 18.1 Å².